The summed E-state index contributed by atoms with van der Waals surface area (Å²) in [6, 6.07) is 0. The van der Waals surface area contributed by atoms with E-state index < -0.39 is 38.6 Å². The summed E-state index contributed by atoms with van der Waals surface area (Å²) >= 11 is 0. The molecule has 5 aliphatic rings. The molecule has 5 rings (SSSR count). The molecule has 34 heavy (non-hydrogen) atoms. The van der Waals surface area contributed by atoms with Gasteiger partial charge in [-0.1, -0.05) is 25.5 Å². The number of rotatable bonds is 3. The minimum Gasteiger partial charge on any atom is -0.469 e. The lowest BCUT2D eigenvalue weighted by molar-refractivity contribution is -0.188. The maximum Gasteiger partial charge on any atom is 0.312 e. The molecule has 9 heteroatoms. The van der Waals surface area contributed by atoms with Gasteiger partial charge in [-0.05, 0) is 55.3 Å². The van der Waals surface area contributed by atoms with E-state index in [2.05, 4.69) is 13.8 Å². The summed E-state index contributed by atoms with van der Waals surface area (Å²) < 4.78 is 41.9. The molecule has 4 fully saturated rings. The Balaban J connectivity index is 1.69. The van der Waals surface area contributed by atoms with Gasteiger partial charge < -0.3 is 9.47 Å². The van der Waals surface area contributed by atoms with Crippen LogP contribution in [0.2, 0.25) is 0 Å². The smallest absolute Gasteiger partial charge is 0.312 e. The second-order valence-electron chi connectivity index (χ2n) is 11.6. The zero-order valence-corrected chi connectivity index (χ0v) is 21.1. The van der Waals surface area contributed by atoms with Gasteiger partial charge in [-0.15, -0.1) is 0 Å². The van der Waals surface area contributed by atoms with Gasteiger partial charge >= 0.3 is 11.9 Å². The summed E-state index contributed by atoms with van der Waals surface area (Å²) in [6.07, 6.45) is 6.41. The SMILES string of the molecule is COC(=O)C1C=C2CC(=O)CCC2(C)C2C(OS(C)(=O)=O)CC3(C)C(CCC34CCC(=O)O4)C12. The molecule has 8 atom stereocenters. The van der Waals surface area contributed by atoms with Crippen LogP contribution in [0.4, 0.5) is 0 Å². The molecule has 0 aromatic heterocycles. The zero-order valence-electron chi connectivity index (χ0n) is 20.3. The van der Waals surface area contributed by atoms with Gasteiger partial charge in [0.2, 0.25) is 0 Å². The number of hydrogen-bond acceptors (Lipinski definition) is 8. The Morgan fingerprint density at radius 3 is 2.50 bits per heavy atom. The first kappa shape index (κ1) is 24.0. The van der Waals surface area contributed by atoms with E-state index in [1.54, 1.807) is 0 Å². The third kappa shape index (κ3) is 3.33. The summed E-state index contributed by atoms with van der Waals surface area (Å²) in [5.74, 6) is -1.56. The number of ether oxygens (including phenoxy) is 2. The number of allylic oxidation sites excluding steroid dienone is 1. The van der Waals surface area contributed by atoms with Crippen LogP contribution in [0, 0.1) is 34.5 Å². The number of methoxy groups -OCH3 is 1. The molecule has 8 nitrogen and oxygen atoms in total. The zero-order chi connectivity index (χ0) is 24.7. The fraction of sp³-hybridized carbons (Fsp3) is 0.800. The summed E-state index contributed by atoms with van der Waals surface area (Å²) in [4.78, 5) is 37.8. The summed E-state index contributed by atoms with van der Waals surface area (Å²) in [5, 5.41) is 0. The molecule has 1 heterocycles. The molecule has 4 aliphatic carbocycles. The van der Waals surface area contributed by atoms with E-state index in [4.69, 9.17) is 13.7 Å². The lowest BCUT2D eigenvalue weighted by atomic mass is 9.44. The Labute approximate surface area is 200 Å². The van der Waals surface area contributed by atoms with Crippen molar-refractivity contribution in [1.82, 2.24) is 0 Å². The molecule has 1 spiro atoms. The van der Waals surface area contributed by atoms with E-state index in [0.717, 1.165) is 18.2 Å². The van der Waals surface area contributed by atoms with Crippen molar-refractivity contribution in [2.75, 3.05) is 13.4 Å². The van der Waals surface area contributed by atoms with Gasteiger partial charge in [-0.2, -0.15) is 8.42 Å². The number of carbonyl (C=O) groups excluding carboxylic acids is 3. The van der Waals surface area contributed by atoms with Gasteiger partial charge in [-0.3, -0.25) is 18.6 Å². The molecular weight excluding hydrogens is 460 g/mol. The highest BCUT2D eigenvalue weighted by molar-refractivity contribution is 7.86. The van der Waals surface area contributed by atoms with Crippen molar-refractivity contribution >= 4 is 27.8 Å². The highest BCUT2D eigenvalue weighted by Crippen LogP contribution is 2.70. The van der Waals surface area contributed by atoms with Crippen LogP contribution in [0.5, 0.6) is 0 Å². The van der Waals surface area contributed by atoms with Crippen LogP contribution < -0.4 is 0 Å². The molecule has 1 saturated heterocycles. The van der Waals surface area contributed by atoms with E-state index in [1.807, 2.05) is 6.08 Å². The number of ketones is 1. The fourth-order valence-electron chi connectivity index (χ4n) is 8.54. The monoisotopic (exact) mass is 494 g/mol. The van der Waals surface area contributed by atoms with Crippen LogP contribution in [0.1, 0.15) is 65.2 Å². The predicted octanol–water partition coefficient (Wildman–Crippen LogP) is 2.95. The average molecular weight is 495 g/mol. The van der Waals surface area contributed by atoms with Gasteiger partial charge in [-0.25, -0.2) is 0 Å². The maximum absolute atomic E-state index is 13.1. The van der Waals surface area contributed by atoms with Crippen LogP contribution in [0.15, 0.2) is 11.6 Å². The van der Waals surface area contributed by atoms with E-state index in [9.17, 15) is 22.8 Å². The lowest BCUT2D eigenvalue weighted by Gasteiger charge is -2.61. The Bertz CT molecular complexity index is 1080. The standard InChI is InChI=1S/C25H34O8S/c1-23-8-5-15(26)11-14(23)12-16(22(28)31-3)20-17-6-9-25(10-7-19(27)32-25)24(17,2)13-18(21(20)23)33-34(4,29)30/h12,16-18,20-21H,5-11,13H2,1-4H3. The molecule has 0 amide bonds. The van der Waals surface area contributed by atoms with E-state index in [-0.39, 0.29) is 41.9 Å². The normalized spacial score (nSPS) is 45.8. The molecule has 0 bridgehead atoms. The van der Waals surface area contributed by atoms with Crippen molar-refractivity contribution in [1.29, 1.82) is 0 Å². The third-order valence-electron chi connectivity index (χ3n) is 10.0. The molecule has 188 valence electrons. The Morgan fingerprint density at radius 1 is 1.15 bits per heavy atom. The highest BCUT2D eigenvalue weighted by atomic mass is 32.2. The van der Waals surface area contributed by atoms with Crippen LogP contribution in [0.3, 0.4) is 0 Å². The molecule has 3 saturated carbocycles. The van der Waals surface area contributed by atoms with Gasteiger partial charge in [0, 0.05) is 24.7 Å². The first-order chi connectivity index (χ1) is 15.8. The summed E-state index contributed by atoms with van der Waals surface area (Å²) in [7, 11) is -2.45. The molecule has 0 aromatic rings. The second-order valence-corrected chi connectivity index (χ2v) is 13.2. The van der Waals surface area contributed by atoms with Crippen molar-refractivity contribution in [3.63, 3.8) is 0 Å². The lowest BCUT2D eigenvalue weighted by Crippen LogP contribution is -2.62. The van der Waals surface area contributed by atoms with E-state index in [1.165, 1.54) is 7.11 Å². The minimum atomic E-state index is -3.80. The van der Waals surface area contributed by atoms with Crippen molar-refractivity contribution in [3.05, 3.63) is 11.6 Å². The van der Waals surface area contributed by atoms with Crippen molar-refractivity contribution < 1.29 is 36.5 Å². The first-order valence-electron chi connectivity index (χ1n) is 12.2. The first-order valence-corrected chi connectivity index (χ1v) is 14.1. The van der Waals surface area contributed by atoms with E-state index >= 15 is 0 Å². The van der Waals surface area contributed by atoms with Crippen LogP contribution >= 0.6 is 0 Å². The van der Waals surface area contributed by atoms with Crippen molar-refractivity contribution in [2.45, 2.75) is 76.9 Å². The maximum atomic E-state index is 13.1. The number of fused-ring (bicyclic) bond motifs is 6. The van der Waals surface area contributed by atoms with Gasteiger partial charge in [0.25, 0.3) is 10.1 Å². The largest absolute Gasteiger partial charge is 0.469 e. The van der Waals surface area contributed by atoms with Crippen LogP contribution in [-0.2, 0) is 38.2 Å². The highest BCUT2D eigenvalue weighted by Gasteiger charge is 2.71. The molecule has 1 aliphatic heterocycles. The summed E-state index contributed by atoms with van der Waals surface area (Å²) in [6.45, 7) is 4.18. The Morgan fingerprint density at radius 2 is 1.88 bits per heavy atom. The fourth-order valence-corrected chi connectivity index (χ4v) is 9.18. The minimum absolute atomic E-state index is 0.0270. The van der Waals surface area contributed by atoms with Crippen molar-refractivity contribution in [3.8, 4) is 0 Å². The number of esters is 2. The molecule has 0 radical (unpaired) electrons. The second kappa shape index (κ2) is 7.63. The third-order valence-corrected chi connectivity index (χ3v) is 10.6. The predicted molar refractivity (Wildman–Crippen MR) is 121 cm³/mol. The number of Topliss-reactive ketones (excluding diaryl/α,β-unsaturated/α-hetero) is 1. The Kier molecular flexibility index (Phi) is 5.38. The number of carbonyl (C=O) groups is 3. The Hall–Kier alpha value is -1.74. The molecule has 0 aromatic carbocycles. The summed E-state index contributed by atoms with van der Waals surface area (Å²) in [5.41, 5.74) is -0.769. The van der Waals surface area contributed by atoms with Gasteiger partial charge in [0.15, 0.2) is 0 Å². The topological polar surface area (TPSA) is 113 Å². The average Bonchev–Trinajstić information content (AvgIpc) is 3.26. The van der Waals surface area contributed by atoms with Crippen molar-refractivity contribution in [2.24, 2.45) is 34.5 Å². The molecule has 8 unspecified atom stereocenters. The van der Waals surface area contributed by atoms with Crippen LogP contribution in [0.25, 0.3) is 0 Å². The number of hydrogen-bond donors (Lipinski definition) is 0. The van der Waals surface area contributed by atoms with E-state index in [0.29, 0.717) is 38.5 Å². The van der Waals surface area contributed by atoms with Gasteiger partial charge in [0.05, 0.1) is 25.4 Å². The quantitative estimate of drug-likeness (QED) is 0.334. The van der Waals surface area contributed by atoms with Crippen LogP contribution in [-0.4, -0.2) is 51.2 Å². The molecule has 0 N–H and O–H groups in total. The van der Waals surface area contributed by atoms with Gasteiger partial charge in [0.1, 0.15) is 11.4 Å². The molecular formula is C25H34O8S.